The number of hydrogen-bond donors (Lipinski definition) is 2. The fourth-order valence-electron chi connectivity index (χ4n) is 3.96. The van der Waals surface area contributed by atoms with Crippen molar-refractivity contribution in [2.75, 3.05) is 0 Å². The number of carboxylic acids is 2. The molecule has 0 amide bonds. The molecule has 4 rings (SSSR count). The number of hydrogen-bond acceptors (Lipinski definition) is 6. The highest BCUT2D eigenvalue weighted by atomic mass is 35.5. The normalized spacial score (nSPS) is 11.0. The first-order valence-electron chi connectivity index (χ1n) is 11.6. The molecule has 0 saturated carbocycles. The van der Waals surface area contributed by atoms with Crippen molar-refractivity contribution in [1.82, 2.24) is 24.5 Å². The van der Waals surface area contributed by atoms with Gasteiger partial charge in [-0.2, -0.15) is 0 Å². The highest BCUT2D eigenvalue weighted by molar-refractivity contribution is 6.30. The lowest BCUT2D eigenvalue weighted by atomic mass is 9.97. The Morgan fingerprint density at radius 2 is 1.65 bits per heavy atom. The van der Waals surface area contributed by atoms with Gasteiger partial charge in [-0.15, -0.1) is 5.10 Å². The number of carboxylic acid groups (broad SMARTS) is 2. The molecule has 0 saturated heterocycles. The first-order chi connectivity index (χ1) is 17.8. The van der Waals surface area contributed by atoms with Gasteiger partial charge in [0.15, 0.2) is 16.6 Å². The third-order valence-corrected chi connectivity index (χ3v) is 6.19. The quantitative estimate of drug-likeness (QED) is 0.280. The van der Waals surface area contributed by atoms with Crippen molar-refractivity contribution < 1.29 is 24.6 Å². The van der Waals surface area contributed by atoms with Crippen molar-refractivity contribution in [2.45, 2.75) is 39.3 Å². The molecule has 2 aromatic carbocycles. The summed E-state index contributed by atoms with van der Waals surface area (Å²) >= 11 is 6.49. The Balaban J connectivity index is 1.61. The number of aromatic carboxylic acids is 2. The summed E-state index contributed by atoms with van der Waals surface area (Å²) in [5, 5.41) is 26.4. The van der Waals surface area contributed by atoms with Crippen LogP contribution in [0.5, 0.6) is 0 Å². The fraction of sp³-hybridized carbons (Fsp3) is 0.231. The molecular weight excluding hydrogens is 498 g/mol. The zero-order chi connectivity index (χ0) is 26.5. The van der Waals surface area contributed by atoms with E-state index in [1.165, 1.54) is 23.0 Å². The predicted molar refractivity (Wildman–Crippen MR) is 134 cm³/mol. The maximum atomic E-state index is 13.0. The minimum Gasteiger partial charge on any atom is -0.478 e. The molecule has 0 aliphatic carbocycles. The van der Waals surface area contributed by atoms with Crippen LogP contribution < -0.4 is 0 Å². The number of carbonyl (C=O) groups is 3. The van der Waals surface area contributed by atoms with E-state index in [1.54, 1.807) is 36.4 Å². The van der Waals surface area contributed by atoms with E-state index in [9.17, 15) is 19.5 Å². The van der Waals surface area contributed by atoms with Crippen LogP contribution in [0.4, 0.5) is 0 Å². The molecule has 0 aliphatic heterocycles. The topological polar surface area (TPSA) is 140 Å². The number of carbonyl (C=O) groups excluding carboxylic acids is 1. The number of aromatic nitrogens is 5. The Morgan fingerprint density at radius 3 is 2.27 bits per heavy atom. The number of unbranched alkanes of at least 4 members (excludes halogenated alkanes) is 1. The third kappa shape index (κ3) is 5.75. The van der Waals surface area contributed by atoms with Crippen LogP contribution >= 0.6 is 11.6 Å². The first-order valence-corrected chi connectivity index (χ1v) is 12.0. The van der Waals surface area contributed by atoms with Crippen molar-refractivity contribution in [3.05, 3.63) is 99.3 Å². The molecule has 0 spiro atoms. The lowest BCUT2D eigenvalue weighted by Crippen LogP contribution is -2.13. The van der Waals surface area contributed by atoms with Gasteiger partial charge >= 0.3 is 11.9 Å². The van der Waals surface area contributed by atoms with E-state index in [0.29, 0.717) is 29.4 Å². The zero-order valence-electron chi connectivity index (χ0n) is 20.0. The number of ketones is 1. The van der Waals surface area contributed by atoms with Crippen LogP contribution in [0.15, 0.2) is 54.7 Å². The maximum absolute atomic E-state index is 13.0. The van der Waals surface area contributed by atoms with E-state index >= 15 is 0 Å². The Kier molecular flexibility index (Phi) is 7.78. The Labute approximate surface area is 217 Å². The summed E-state index contributed by atoms with van der Waals surface area (Å²) in [5.74, 6) is -1.92. The Morgan fingerprint density at radius 1 is 0.946 bits per heavy atom. The highest BCUT2D eigenvalue weighted by Crippen LogP contribution is 2.23. The molecule has 2 aromatic heterocycles. The summed E-state index contributed by atoms with van der Waals surface area (Å²) in [5.41, 5.74) is 1.82. The predicted octanol–water partition coefficient (Wildman–Crippen LogP) is 4.19. The molecule has 2 heterocycles. The maximum Gasteiger partial charge on any atom is 0.358 e. The highest BCUT2D eigenvalue weighted by Gasteiger charge is 2.20. The second-order valence-corrected chi connectivity index (χ2v) is 8.80. The summed E-state index contributed by atoms with van der Waals surface area (Å²) in [6.45, 7) is 2.67. The summed E-state index contributed by atoms with van der Waals surface area (Å²) in [6, 6.07) is 13.0. The van der Waals surface area contributed by atoms with Gasteiger partial charge in [0.1, 0.15) is 5.82 Å². The van der Waals surface area contributed by atoms with Crippen molar-refractivity contribution >= 4 is 29.3 Å². The summed E-state index contributed by atoms with van der Waals surface area (Å²) in [7, 11) is 0. The van der Waals surface area contributed by atoms with Gasteiger partial charge in [-0.3, -0.25) is 4.79 Å². The van der Waals surface area contributed by atoms with Crippen LogP contribution in [0.25, 0.3) is 0 Å². The van der Waals surface area contributed by atoms with Crippen molar-refractivity contribution in [1.29, 1.82) is 0 Å². The Hall–Kier alpha value is -4.31. The number of aryl methyl sites for hydroxylation is 1. The average Bonchev–Trinajstić information content (AvgIpc) is 3.48. The molecule has 0 unspecified atom stereocenters. The molecule has 2 N–H and O–H groups in total. The number of imidazole rings is 1. The van der Waals surface area contributed by atoms with Gasteiger partial charge in [0.2, 0.25) is 0 Å². The van der Waals surface area contributed by atoms with Crippen molar-refractivity contribution in [3.8, 4) is 0 Å². The number of rotatable bonds is 11. The van der Waals surface area contributed by atoms with E-state index in [-0.39, 0.29) is 29.1 Å². The van der Waals surface area contributed by atoms with Crippen LogP contribution in [0.2, 0.25) is 5.15 Å². The standard InChI is InChI=1S/C26H24ClN5O5/c1-2-3-8-22-28-24(27)21(15-31-14-20(26(36)37)29-30-31)32(22)13-16-9-11-17(12-10-16)23(33)18-6-4-5-7-19(18)25(34)35/h4-7,9-12,14H,2-3,8,13,15H2,1H3,(H,34,35)(H,36,37). The lowest BCUT2D eigenvalue weighted by Gasteiger charge is -2.13. The minimum atomic E-state index is -1.17. The van der Waals surface area contributed by atoms with Gasteiger partial charge in [-0.1, -0.05) is 72.6 Å². The largest absolute Gasteiger partial charge is 0.478 e. The zero-order valence-corrected chi connectivity index (χ0v) is 20.7. The van der Waals surface area contributed by atoms with Gasteiger partial charge in [0.25, 0.3) is 0 Å². The monoisotopic (exact) mass is 521 g/mol. The molecule has 0 aliphatic rings. The molecule has 0 bridgehead atoms. The molecule has 0 fully saturated rings. The summed E-state index contributed by atoms with van der Waals surface area (Å²) < 4.78 is 3.37. The first kappa shape index (κ1) is 25.8. The van der Waals surface area contributed by atoms with Crippen LogP contribution in [0, 0.1) is 0 Å². The number of benzene rings is 2. The third-order valence-electron chi connectivity index (χ3n) is 5.89. The summed E-state index contributed by atoms with van der Waals surface area (Å²) in [6.07, 6.45) is 3.92. The average molecular weight is 522 g/mol. The second kappa shape index (κ2) is 11.2. The van der Waals surface area contributed by atoms with Crippen molar-refractivity contribution in [2.24, 2.45) is 0 Å². The second-order valence-electron chi connectivity index (χ2n) is 8.44. The molecule has 0 atom stereocenters. The van der Waals surface area contributed by atoms with E-state index < -0.39 is 11.9 Å². The minimum absolute atomic E-state index is 0.0472. The molecule has 37 heavy (non-hydrogen) atoms. The Bertz CT molecular complexity index is 1460. The smallest absolute Gasteiger partial charge is 0.358 e. The van der Waals surface area contributed by atoms with Gasteiger partial charge in [-0.25, -0.2) is 19.3 Å². The molecule has 11 heteroatoms. The van der Waals surface area contributed by atoms with Gasteiger partial charge in [0.05, 0.1) is 24.0 Å². The number of nitrogens with zero attached hydrogens (tertiary/aromatic N) is 5. The molecule has 190 valence electrons. The number of halogens is 1. The van der Waals surface area contributed by atoms with E-state index in [1.807, 2.05) is 4.57 Å². The van der Waals surface area contributed by atoms with Crippen molar-refractivity contribution in [3.63, 3.8) is 0 Å². The van der Waals surface area contributed by atoms with Crippen LogP contribution in [0.1, 0.15) is 73.6 Å². The SMILES string of the molecule is CCCCc1nc(Cl)c(Cn2cc(C(=O)O)nn2)n1Cc1ccc(C(=O)c2ccccc2C(=O)O)cc1. The fourth-order valence-corrected chi connectivity index (χ4v) is 4.22. The van der Waals surface area contributed by atoms with E-state index in [4.69, 9.17) is 16.7 Å². The van der Waals surface area contributed by atoms with Gasteiger partial charge in [-0.05, 0) is 18.1 Å². The van der Waals surface area contributed by atoms with Gasteiger partial charge in [0, 0.05) is 24.1 Å². The van der Waals surface area contributed by atoms with Crippen LogP contribution in [-0.4, -0.2) is 52.5 Å². The van der Waals surface area contributed by atoms with Crippen LogP contribution in [-0.2, 0) is 19.5 Å². The molecule has 10 nitrogen and oxygen atoms in total. The van der Waals surface area contributed by atoms with E-state index in [0.717, 1.165) is 24.2 Å². The van der Waals surface area contributed by atoms with Gasteiger partial charge < -0.3 is 14.8 Å². The molecule has 0 radical (unpaired) electrons. The lowest BCUT2D eigenvalue weighted by molar-refractivity contribution is 0.0681. The van der Waals surface area contributed by atoms with Crippen LogP contribution in [0.3, 0.4) is 0 Å². The molecular formula is C26H24ClN5O5. The molecule has 4 aromatic rings. The van der Waals surface area contributed by atoms with E-state index in [2.05, 4.69) is 22.2 Å². The summed E-state index contributed by atoms with van der Waals surface area (Å²) in [4.78, 5) is 40.2.